The second-order valence-electron chi connectivity index (χ2n) is 6.10. The monoisotopic (exact) mass is 418 g/mol. The Balaban J connectivity index is 1.77. The third-order valence-corrected chi connectivity index (χ3v) is 5.43. The van der Waals surface area contributed by atoms with Crippen molar-refractivity contribution in [3.8, 4) is 11.5 Å². The summed E-state index contributed by atoms with van der Waals surface area (Å²) in [5, 5.41) is 22.7. The number of thioether (sulfide) groups is 1. The van der Waals surface area contributed by atoms with Crippen LogP contribution in [-0.2, 0) is 4.79 Å². The molecule has 29 heavy (non-hydrogen) atoms. The average Bonchev–Trinajstić information content (AvgIpc) is 3.20. The number of non-ortho nitro benzene ring substituents is 1. The van der Waals surface area contributed by atoms with Crippen LogP contribution in [0.4, 0.5) is 5.69 Å². The maximum Gasteiger partial charge on any atom is 0.343 e. The molecular formula is C19H18N2O7S. The Kier molecular flexibility index (Phi) is 6.35. The first-order valence-electron chi connectivity index (χ1n) is 8.73. The smallest absolute Gasteiger partial charge is 0.343 e. The molecule has 3 rings (SSSR count). The van der Waals surface area contributed by atoms with Gasteiger partial charge in [0, 0.05) is 17.9 Å². The summed E-state index contributed by atoms with van der Waals surface area (Å²) in [7, 11) is 0. The van der Waals surface area contributed by atoms with Gasteiger partial charge in [0.15, 0.2) is 11.5 Å². The zero-order valence-corrected chi connectivity index (χ0v) is 16.2. The SMILES string of the molecule is CCOc1cc([C@@H]2N[C@@H](C(=O)O)CS2)ccc1OC(=O)c1ccc([N+](=O)[O-])cc1. The molecule has 2 atom stereocenters. The zero-order chi connectivity index (χ0) is 21.0. The number of carbonyl (C=O) groups excluding carboxylic acids is 1. The van der Waals surface area contributed by atoms with Crippen LogP contribution in [0, 0.1) is 10.1 Å². The lowest BCUT2D eigenvalue weighted by Crippen LogP contribution is -2.33. The lowest BCUT2D eigenvalue weighted by Gasteiger charge is -2.16. The number of hydrogen-bond donors (Lipinski definition) is 2. The van der Waals surface area contributed by atoms with Crippen LogP contribution in [0.2, 0.25) is 0 Å². The van der Waals surface area contributed by atoms with E-state index in [4.69, 9.17) is 14.6 Å². The molecule has 2 aromatic carbocycles. The predicted octanol–water partition coefficient (Wildman–Crippen LogP) is 3.00. The van der Waals surface area contributed by atoms with Crippen molar-refractivity contribution in [2.24, 2.45) is 0 Å². The summed E-state index contributed by atoms with van der Waals surface area (Å²) in [6.45, 7) is 2.13. The van der Waals surface area contributed by atoms with Gasteiger partial charge >= 0.3 is 11.9 Å². The van der Waals surface area contributed by atoms with E-state index < -0.39 is 22.9 Å². The van der Waals surface area contributed by atoms with Crippen molar-refractivity contribution in [1.29, 1.82) is 0 Å². The molecule has 1 aliphatic rings. The van der Waals surface area contributed by atoms with Crippen molar-refractivity contribution < 1.29 is 29.1 Å². The molecule has 0 spiro atoms. The molecule has 10 heteroatoms. The number of nitro groups is 1. The van der Waals surface area contributed by atoms with Gasteiger partial charge in [-0.2, -0.15) is 0 Å². The highest BCUT2D eigenvalue weighted by Gasteiger charge is 2.31. The summed E-state index contributed by atoms with van der Waals surface area (Å²) in [4.78, 5) is 33.7. The fraction of sp³-hybridized carbons (Fsp3) is 0.263. The Hall–Kier alpha value is -3.11. The Morgan fingerprint density at radius 3 is 2.55 bits per heavy atom. The molecule has 0 radical (unpaired) electrons. The second kappa shape index (κ2) is 8.93. The van der Waals surface area contributed by atoms with Gasteiger partial charge in [-0.25, -0.2) is 4.79 Å². The lowest BCUT2D eigenvalue weighted by atomic mass is 10.1. The largest absolute Gasteiger partial charge is 0.490 e. The quantitative estimate of drug-likeness (QED) is 0.302. The van der Waals surface area contributed by atoms with Gasteiger partial charge in [0.1, 0.15) is 6.04 Å². The summed E-state index contributed by atoms with van der Waals surface area (Å²) in [6, 6.07) is 9.49. The van der Waals surface area contributed by atoms with E-state index >= 15 is 0 Å². The number of nitro benzene ring substituents is 1. The summed E-state index contributed by atoms with van der Waals surface area (Å²) in [6.07, 6.45) is 0. The first-order chi connectivity index (χ1) is 13.9. The van der Waals surface area contributed by atoms with E-state index in [1.165, 1.54) is 36.0 Å². The van der Waals surface area contributed by atoms with E-state index in [1.54, 1.807) is 25.1 Å². The average molecular weight is 418 g/mol. The van der Waals surface area contributed by atoms with Crippen LogP contribution in [0.15, 0.2) is 42.5 Å². The molecule has 0 unspecified atom stereocenters. The van der Waals surface area contributed by atoms with Crippen LogP contribution >= 0.6 is 11.8 Å². The summed E-state index contributed by atoms with van der Waals surface area (Å²) in [5.74, 6) is -0.578. The summed E-state index contributed by atoms with van der Waals surface area (Å²) >= 11 is 1.47. The summed E-state index contributed by atoms with van der Waals surface area (Å²) < 4.78 is 11.0. The molecule has 0 aromatic heterocycles. The number of carboxylic acids is 1. The molecule has 2 N–H and O–H groups in total. The normalized spacial score (nSPS) is 18.2. The van der Waals surface area contributed by atoms with Crippen molar-refractivity contribution >= 4 is 29.4 Å². The van der Waals surface area contributed by atoms with Crippen LogP contribution in [0.5, 0.6) is 11.5 Å². The number of carboxylic acid groups (broad SMARTS) is 1. The summed E-state index contributed by atoms with van der Waals surface area (Å²) in [5.41, 5.74) is 0.846. The molecule has 0 saturated carbocycles. The molecule has 2 aromatic rings. The number of aliphatic carboxylic acids is 1. The number of nitrogens with zero attached hydrogens (tertiary/aromatic N) is 1. The number of hydrogen-bond acceptors (Lipinski definition) is 8. The highest BCUT2D eigenvalue weighted by molar-refractivity contribution is 7.99. The highest BCUT2D eigenvalue weighted by atomic mass is 32.2. The van der Waals surface area contributed by atoms with E-state index in [0.717, 1.165) is 5.56 Å². The molecule has 1 aliphatic heterocycles. The molecule has 1 fully saturated rings. The van der Waals surface area contributed by atoms with Gasteiger partial charge in [-0.05, 0) is 36.8 Å². The standard InChI is InChI=1S/C19H18N2O7S/c1-2-27-16-9-12(17-20-14(10-29-17)18(22)23)5-8-15(16)28-19(24)11-3-6-13(7-4-11)21(25)26/h3-9,14,17,20H,2,10H2,1H3,(H,22,23)/t14-,17-/m1/s1. The molecule has 1 heterocycles. The Morgan fingerprint density at radius 1 is 1.24 bits per heavy atom. The first-order valence-corrected chi connectivity index (χ1v) is 9.77. The number of carbonyl (C=O) groups is 2. The van der Waals surface area contributed by atoms with Crippen LogP contribution < -0.4 is 14.8 Å². The second-order valence-corrected chi connectivity index (χ2v) is 7.24. The van der Waals surface area contributed by atoms with Gasteiger partial charge in [0.05, 0.1) is 22.5 Å². The maximum absolute atomic E-state index is 12.4. The first kappa shape index (κ1) is 20.6. The Morgan fingerprint density at radius 2 is 1.97 bits per heavy atom. The Labute approximate surface area is 170 Å². The van der Waals surface area contributed by atoms with Gasteiger partial charge in [0.25, 0.3) is 5.69 Å². The molecule has 0 amide bonds. The number of benzene rings is 2. The van der Waals surface area contributed by atoms with Crippen molar-refractivity contribution in [2.45, 2.75) is 18.3 Å². The van der Waals surface area contributed by atoms with E-state index in [0.29, 0.717) is 18.1 Å². The molecule has 0 bridgehead atoms. The minimum atomic E-state index is -0.904. The number of esters is 1. The van der Waals surface area contributed by atoms with Crippen LogP contribution in [0.3, 0.4) is 0 Å². The number of rotatable bonds is 7. The molecule has 9 nitrogen and oxygen atoms in total. The van der Waals surface area contributed by atoms with Gasteiger partial charge in [0.2, 0.25) is 0 Å². The highest BCUT2D eigenvalue weighted by Crippen LogP contribution is 2.38. The zero-order valence-electron chi connectivity index (χ0n) is 15.4. The molecular weight excluding hydrogens is 400 g/mol. The molecule has 1 saturated heterocycles. The number of nitrogens with one attached hydrogen (secondary N) is 1. The number of ether oxygens (including phenoxy) is 2. The minimum Gasteiger partial charge on any atom is -0.490 e. The fourth-order valence-electron chi connectivity index (χ4n) is 2.72. The predicted molar refractivity (Wildman–Crippen MR) is 105 cm³/mol. The topological polar surface area (TPSA) is 128 Å². The van der Waals surface area contributed by atoms with Gasteiger partial charge in [-0.15, -0.1) is 11.8 Å². The fourth-order valence-corrected chi connectivity index (χ4v) is 3.95. The van der Waals surface area contributed by atoms with Gasteiger partial charge in [-0.1, -0.05) is 6.07 Å². The van der Waals surface area contributed by atoms with Gasteiger partial charge < -0.3 is 14.6 Å². The lowest BCUT2D eigenvalue weighted by molar-refractivity contribution is -0.384. The van der Waals surface area contributed by atoms with Crippen LogP contribution in [0.25, 0.3) is 0 Å². The van der Waals surface area contributed by atoms with Crippen molar-refractivity contribution in [2.75, 3.05) is 12.4 Å². The van der Waals surface area contributed by atoms with Crippen LogP contribution in [0.1, 0.15) is 28.2 Å². The third-order valence-electron chi connectivity index (χ3n) is 4.17. The van der Waals surface area contributed by atoms with E-state index in [1.807, 2.05) is 0 Å². The third kappa shape index (κ3) is 4.84. The van der Waals surface area contributed by atoms with Gasteiger partial charge in [-0.3, -0.25) is 20.2 Å². The van der Waals surface area contributed by atoms with E-state index in [2.05, 4.69) is 5.32 Å². The maximum atomic E-state index is 12.4. The molecule has 152 valence electrons. The van der Waals surface area contributed by atoms with E-state index in [9.17, 15) is 19.7 Å². The molecule has 0 aliphatic carbocycles. The Bertz CT molecular complexity index is 933. The van der Waals surface area contributed by atoms with Crippen molar-refractivity contribution in [1.82, 2.24) is 5.32 Å². The van der Waals surface area contributed by atoms with E-state index in [-0.39, 0.29) is 22.4 Å². The van der Waals surface area contributed by atoms with Crippen molar-refractivity contribution in [3.63, 3.8) is 0 Å². The minimum absolute atomic E-state index is 0.123. The van der Waals surface area contributed by atoms with Crippen molar-refractivity contribution in [3.05, 3.63) is 63.7 Å². The van der Waals surface area contributed by atoms with Crippen LogP contribution in [-0.4, -0.2) is 40.4 Å².